The van der Waals surface area contributed by atoms with E-state index in [2.05, 4.69) is 99.3 Å². The normalized spacial score (nSPS) is 11.2. The maximum Gasteiger partial charge on any atom is -0.0771 e. The molecule has 1 nitrogen and oxygen atoms in total. The van der Waals surface area contributed by atoms with Gasteiger partial charge >= 0.3 is 30.2 Å². The Balaban J connectivity index is -0.000000437. The van der Waals surface area contributed by atoms with Crippen molar-refractivity contribution in [2.45, 2.75) is 38.9 Å². The molecule has 0 unspecified atom stereocenters. The van der Waals surface area contributed by atoms with Gasteiger partial charge in [-0.25, -0.2) is 11.6 Å². The molecule has 0 bridgehead atoms. The van der Waals surface area contributed by atoms with Gasteiger partial charge in [-0.3, -0.25) is 6.08 Å². The van der Waals surface area contributed by atoms with Gasteiger partial charge < -0.3 is 19.3 Å². The largest absolute Gasteiger partial charge is 0.126 e. The third kappa shape index (κ3) is 12.2. The van der Waals surface area contributed by atoms with Crippen molar-refractivity contribution >= 4 is 61.6 Å². The molecule has 176 valence electrons. The summed E-state index contributed by atoms with van der Waals surface area (Å²) in [4.78, 5) is 0. The average molecular weight is 583 g/mol. The van der Waals surface area contributed by atoms with Crippen molar-refractivity contribution in [3.8, 4) is 0 Å². The van der Waals surface area contributed by atoms with E-state index in [1.54, 1.807) is 0 Å². The van der Waals surface area contributed by atoms with Crippen LogP contribution >= 0.6 is 24.8 Å². The van der Waals surface area contributed by atoms with Gasteiger partial charge in [-0.1, -0.05) is 42.8 Å². The molecular weight excluding hydrogens is 547 g/mol. The fourth-order valence-electron chi connectivity index (χ4n) is 3.17. The second-order valence-corrected chi connectivity index (χ2v) is 12.2. The number of benzene rings is 2. The van der Waals surface area contributed by atoms with Crippen LogP contribution in [0.1, 0.15) is 19.3 Å². The van der Waals surface area contributed by atoms with E-state index in [0.29, 0.717) is 0 Å². The third-order valence-electron chi connectivity index (χ3n) is 4.41. The first-order chi connectivity index (χ1) is 13.5. The summed E-state index contributed by atoms with van der Waals surface area (Å²) in [5, 5.41) is 5.39. The monoisotopic (exact) mass is 580 g/mol. The molecule has 3 aromatic rings. The van der Waals surface area contributed by atoms with Crippen molar-refractivity contribution in [1.82, 2.24) is 0 Å². The van der Waals surface area contributed by atoms with Crippen LogP contribution in [0, 0.1) is 20.9 Å². The second-order valence-electron chi connectivity index (χ2n) is 7.69. The van der Waals surface area contributed by atoms with Crippen LogP contribution in [-0.4, -0.2) is 21.8 Å². The summed E-state index contributed by atoms with van der Waals surface area (Å²) in [6, 6.07) is 19.3. The Morgan fingerprint density at radius 1 is 0.938 bits per heavy atom. The molecule has 0 amide bonds. The Hall–Kier alpha value is -0.353. The van der Waals surface area contributed by atoms with Gasteiger partial charge in [-0.2, -0.15) is 6.08 Å². The molecule has 0 saturated carbocycles. The number of hydrogen-bond donors (Lipinski definition) is 0. The first-order valence-corrected chi connectivity index (χ1v) is 17.3. The Kier molecular flexibility index (Phi) is 21.5. The van der Waals surface area contributed by atoms with Gasteiger partial charge in [-0.05, 0) is 26.1 Å². The van der Waals surface area contributed by atoms with Gasteiger partial charge in [0, 0.05) is 6.61 Å². The van der Waals surface area contributed by atoms with Crippen LogP contribution in [0.5, 0.6) is 0 Å². The van der Waals surface area contributed by atoms with Crippen molar-refractivity contribution in [3.63, 3.8) is 0 Å². The van der Waals surface area contributed by atoms with Gasteiger partial charge in [0.15, 0.2) is 8.32 Å². The van der Waals surface area contributed by atoms with Gasteiger partial charge in [0.05, 0.1) is 0 Å². The standard InChI is InChI=1S/C13H9.C11H19OSi.2CH3.2ClH.Si.Zr/c1-3-7-12-10(5-1)9-11-6-2-4-8-13(11)12;1-13(2,3)12-10-6-9-11-7-4-5-8-11;;;;;;/h1-9H;4,7H,5-6,9-10H2,1-3H3;2*1H3;2*1H;;/q4*-1;;;;. The molecule has 2 radical (unpaired) electrons. The zero-order valence-corrected chi connectivity index (χ0v) is 26.0. The SMILES string of the molecule is C[Si](C)(C)OCCCC1=[C-]CC=C1.Cl.Cl.[CH3-].[CH3-].[Si]=[Zr].c1ccc2c(c1)[cH-]c1ccccc12. The first kappa shape index (κ1) is 36.2. The predicted octanol–water partition coefficient (Wildman–Crippen LogP) is 8.38. The molecule has 3 aromatic carbocycles. The zero-order chi connectivity index (χ0) is 20.4. The minimum atomic E-state index is -1.28. The maximum atomic E-state index is 5.76. The van der Waals surface area contributed by atoms with E-state index in [-0.39, 0.29) is 39.7 Å². The van der Waals surface area contributed by atoms with Crippen molar-refractivity contribution in [3.05, 3.63) is 93.3 Å². The van der Waals surface area contributed by atoms with E-state index < -0.39 is 8.32 Å². The fourth-order valence-corrected chi connectivity index (χ4v) is 3.92. The summed E-state index contributed by atoms with van der Waals surface area (Å²) in [7, 11) is -1.28. The number of fused-ring (bicyclic) bond motifs is 3. The van der Waals surface area contributed by atoms with Crippen LogP contribution in [0.4, 0.5) is 0 Å². The summed E-state index contributed by atoms with van der Waals surface area (Å²) < 4.78 is 5.76. The molecule has 32 heavy (non-hydrogen) atoms. The van der Waals surface area contributed by atoms with Crippen LogP contribution in [0.3, 0.4) is 0 Å². The van der Waals surface area contributed by atoms with E-state index in [1.807, 2.05) is 0 Å². The smallest absolute Gasteiger partial charge is 0.0771 e. The number of allylic oxidation sites excluding steroid dienone is 4. The minimum absolute atomic E-state index is 0. The van der Waals surface area contributed by atoms with Gasteiger partial charge in [0.25, 0.3) is 0 Å². The van der Waals surface area contributed by atoms with Crippen molar-refractivity contribution in [2.24, 2.45) is 0 Å². The molecule has 1 aliphatic carbocycles. The second kappa shape index (κ2) is 19.0. The number of halogens is 2. The molecule has 0 spiro atoms. The Labute approximate surface area is 226 Å². The molecule has 0 fully saturated rings. The summed E-state index contributed by atoms with van der Waals surface area (Å²) in [5.41, 5.74) is 1.36. The maximum absolute atomic E-state index is 5.76. The van der Waals surface area contributed by atoms with Gasteiger partial charge in [-0.15, -0.1) is 71.0 Å². The Bertz CT molecular complexity index is 895. The summed E-state index contributed by atoms with van der Waals surface area (Å²) in [5.74, 6) is 0. The summed E-state index contributed by atoms with van der Waals surface area (Å²) >= 11 is 1.36. The Morgan fingerprint density at radius 2 is 1.44 bits per heavy atom. The molecular formula is C26H36Cl2OSi2Zr-4. The number of rotatable bonds is 5. The third-order valence-corrected chi connectivity index (χ3v) is 5.48. The van der Waals surface area contributed by atoms with Crippen LogP contribution in [0.2, 0.25) is 19.6 Å². The minimum Gasteiger partial charge on any atom is -0.126 e. The summed E-state index contributed by atoms with van der Waals surface area (Å²) in [6.07, 6.45) is 10.9. The van der Waals surface area contributed by atoms with Crippen molar-refractivity contribution in [1.29, 1.82) is 0 Å². The Morgan fingerprint density at radius 3 is 1.88 bits per heavy atom. The van der Waals surface area contributed by atoms with Gasteiger partial charge in [0.1, 0.15) is 0 Å². The van der Waals surface area contributed by atoms with Crippen LogP contribution in [0.25, 0.3) is 21.5 Å². The molecule has 4 rings (SSSR count). The van der Waals surface area contributed by atoms with E-state index in [1.165, 1.54) is 50.5 Å². The average Bonchev–Trinajstić information content (AvgIpc) is 3.34. The van der Waals surface area contributed by atoms with Crippen LogP contribution in [-0.2, 0) is 27.8 Å². The molecule has 0 aliphatic heterocycles. The van der Waals surface area contributed by atoms with Crippen LogP contribution in [0.15, 0.2) is 72.3 Å². The molecule has 0 N–H and O–H groups in total. The fraction of sp³-hybridized carbons (Fsp3) is 0.269. The zero-order valence-electron chi connectivity index (χ0n) is 19.9. The molecule has 0 aromatic heterocycles. The topological polar surface area (TPSA) is 9.23 Å². The molecule has 0 saturated heterocycles. The van der Waals surface area contributed by atoms with E-state index >= 15 is 0 Å². The molecule has 1 aliphatic rings. The molecule has 6 heteroatoms. The van der Waals surface area contributed by atoms with E-state index in [0.717, 1.165) is 25.9 Å². The summed E-state index contributed by atoms with van der Waals surface area (Å²) in [6.45, 7) is 10.7. The van der Waals surface area contributed by atoms with Crippen molar-refractivity contribution in [2.75, 3.05) is 6.61 Å². The van der Waals surface area contributed by atoms with E-state index in [9.17, 15) is 0 Å². The van der Waals surface area contributed by atoms with Crippen LogP contribution < -0.4 is 0 Å². The first-order valence-electron chi connectivity index (χ1n) is 9.71. The molecule has 0 atom stereocenters. The predicted molar refractivity (Wildman–Crippen MR) is 149 cm³/mol. The van der Waals surface area contributed by atoms with Crippen molar-refractivity contribution < 1.29 is 27.8 Å². The van der Waals surface area contributed by atoms with Gasteiger partial charge in [0.2, 0.25) is 0 Å². The number of hydrogen-bond acceptors (Lipinski definition) is 1. The molecule has 0 heterocycles. The quantitative estimate of drug-likeness (QED) is 0.167. The van der Waals surface area contributed by atoms with E-state index in [4.69, 9.17) is 4.43 Å².